The zero-order valence-corrected chi connectivity index (χ0v) is 11.2. The zero-order valence-electron chi connectivity index (χ0n) is 11.2. The van der Waals surface area contributed by atoms with Gasteiger partial charge in [0, 0.05) is 18.2 Å². The molecule has 2 atom stereocenters. The average Bonchev–Trinajstić information content (AvgIpc) is 2.38. The van der Waals surface area contributed by atoms with E-state index < -0.39 is 10.7 Å². The Labute approximate surface area is 117 Å². The van der Waals surface area contributed by atoms with Crippen molar-refractivity contribution in [2.24, 2.45) is 5.92 Å². The van der Waals surface area contributed by atoms with Crippen molar-refractivity contribution >= 4 is 5.69 Å². The van der Waals surface area contributed by atoms with Gasteiger partial charge in [-0.3, -0.25) is 10.1 Å². The predicted molar refractivity (Wildman–Crippen MR) is 72.7 cm³/mol. The third kappa shape index (κ3) is 3.98. The number of hydrogen-bond donors (Lipinski definition) is 2. The molecule has 1 aromatic rings. The van der Waals surface area contributed by atoms with E-state index in [0.29, 0.717) is 18.0 Å². The van der Waals surface area contributed by atoms with Crippen LogP contribution in [0.2, 0.25) is 0 Å². The summed E-state index contributed by atoms with van der Waals surface area (Å²) in [7, 11) is 0. The molecule has 0 radical (unpaired) electrons. The molecule has 1 aromatic carbocycles. The summed E-state index contributed by atoms with van der Waals surface area (Å²) in [5.41, 5.74) is 0.286. The number of rotatable bonds is 5. The summed E-state index contributed by atoms with van der Waals surface area (Å²) >= 11 is 0. The molecule has 20 heavy (non-hydrogen) atoms. The Morgan fingerprint density at radius 2 is 2.25 bits per heavy atom. The van der Waals surface area contributed by atoms with Crippen molar-refractivity contribution in [1.82, 2.24) is 5.32 Å². The van der Waals surface area contributed by atoms with Gasteiger partial charge in [0.2, 0.25) is 0 Å². The largest absolute Gasteiger partial charge is 0.393 e. The smallest absolute Gasteiger partial charge is 0.274 e. The van der Waals surface area contributed by atoms with Crippen LogP contribution in [-0.2, 0) is 6.54 Å². The number of halogens is 1. The molecule has 0 aromatic heterocycles. The normalized spacial score (nSPS) is 22.7. The second-order valence-electron chi connectivity index (χ2n) is 5.35. The van der Waals surface area contributed by atoms with Gasteiger partial charge < -0.3 is 10.4 Å². The van der Waals surface area contributed by atoms with Crippen molar-refractivity contribution in [3.8, 4) is 0 Å². The van der Waals surface area contributed by atoms with Crippen LogP contribution in [0.15, 0.2) is 18.2 Å². The first-order chi connectivity index (χ1) is 9.56. The molecule has 1 saturated carbocycles. The first-order valence-electron chi connectivity index (χ1n) is 6.88. The average molecular weight is 282 g/mol. The summed E-state index contributed by atoms with van der Waals surface area (Å²) in [6.45, 7) is 0.950. The van der Waals surface area contributed by atoms with E-state index in [4.69, 9.17) is 0 Å². The Kier molecular flexibility index (Phi) is 5.03. The lowest BCUT2D eigenvalue weighted by Crippen LogP contribution is -2.29. The van der Waals surface area contributed by atoms with Gasteiger partial charge in [-0.2, -0.15) is 0 Å². The lowest BCUT2D eigenvalue weighted by Gasteiger charge is -2.25. The number of aliphatic hydroxyl groups is 1. The zero-order chi connectivity index (χ0) is 14.5. The molecule has 1 aliphatic carbocycles. The number of hydrogen-bond acceptors (Lipinski definition) is 4. The molecule has 2 rings (SSSR count). The maximum atomic E-state index is 13.2. The van der Waals surface area contributed by atoms with E-state index in [1.54, 1.807) is 0 Å². The predicted octanol–water partition coefficient (Wildman–Crippen LogP) is 2.37. The lowest BCUT2D eigenvalue weighted by molar-refractivity contribution is -0.385. The number of aliphatic hydroxyl groups excluding tert-OH is 1. The minimum atomic E-state index is -0.499. The molecular formula is C14H19FN2O3. The Balaban J connectivity index is 1.90. The molecule has 2 N–H and O–H groups in total. The van der Waals surface area contributed by atoms with Crippen molar-refractivity contribution in [2.45, 2.75) is 38.3 Å². The Morgan fingerprint density at radius 3 is 2.95 bits per heavy atom. The standard InChI is InChI=1S/C14H19FN2O3/c15-12-4-5-14(17(19)20)11(7-12)9-16-8-10-2-1-3-13(18)6-10/h4-5,7,10,13,16,18H,1-3,6,8-9H2. The van der Waals surface area contributed by atoms with Crippen LogP contribution >= 0.6 is 0 Å². The van der Waals surface area contributed by atoms with Crippen molar-refractivity contribution in [2.75, 3.05) is 6.54 Å². The van der Waals surface area contributed by atoms with Crippen molar-refractivity contribution < 1.29 is 14.4 Å². The fraction of sp³-hybridized carbons (Fsp3) is 0.571. The molecule has 0 amide bonds. The van der Waals surface area contributed by atoms with Gasteiger partial charge in [0.25, 0.3) is 5.69 Å². The van der Waals surface area contributed by atoms with Crippen LogP contribution in [0, 0.1) is 21.8 Å². The van der Waals surface area contributed by atoms with Gasteiger partial charge in [0.05, 0.1) is 11.0 Å². The number of nitro groups is 1. The molecule has 6 heteroatoms. The highest BCUT2D eigenvalue weighted by molar-refractivity contribution is 5.40. The SMILES string of the molecule is O=[N+]([O-])c1ccc(F)cc1CNCC1CCCC(O)C1. The van der Waals surface area contributed by atoms with Crippen LogP contribution in [0.3, 0.4) is 0 Å². The van der Waals surface area contributed by atoms with Crippen molar-refractivity contribution in [3.05, 3.63) is 39.7 Å². The minimum Gasteiger partial charge on any atom is -0.393 e. The molecule has 110 valence electrons. The summed E-state index contributed by atoms with van der Waals surface area (Å²) in [4.78, 5) is 10.4. The van der Waals surface area contributed by atoms with E-state index in [1.165, 1.54) is 12.1 Å². The second-order valence-corrected chi connectivity index (χ2v) is 5.35. The maximum absolute atomic E-state index is 13.2. The Morgan fingerprint density at radius 1 is 1.45 bits per heavy atom. The highest BCUT2D eigenvalue weighted by Crippen LogP contribution is 2.24. The van der Waals surface area contributed by atoms with E-state index >= 15 is 0 Å². The first-order valence-corrected chi connectivity index (χ1v) is 6.88. The highest BCUT2D eigenvalue weighted by atomic mass is 19.1. The van der Waals surface area contributed by atoms with Gasteiger partial charge in [0.1, 0.15) is 5.82 Å². The third-order valence-corrected chi connectivity index (χ3v) is 3.74. The fourth-order valence-electron chi connectivity index (χ4n) is 2.73. The van der Waals surface area contributed by atoms with E-state index in [1.807, 2.05) is 0 Å². The molecule has 0 bridgehead atoms. The molecule has 1 aliphatic rings. The second kappa shape index (κ2) is 6.76. The lowest BCUT2D eigenvalue weighted by atomic mass is 9.87. The van der Waals surface area contributed by atoms with Crippen molar-refractivity contribution in [3.63, 3.8) is 0 Å². The van der Waals surface area contributed by atoms with E-state index in [9.17, 15) is 19.6 Å². The molecule has 1 fully saturated rings. The topological polar surface area (TPSA) is 75.4 Å². The number of benzene rings is 1. The summed E-state index contributed by atoms with van der Waals surface area (Å²) < 4.78 is 13.2. The van der Waals surface area contributed by atoms with Gasteiger partial charge in [-0.25, -0.2) is 4.39 Å². The summed E-state index contributed by atoms with van der Waals surface area (Å²) in [6, 6.07) is 3.48. The number of nitrogens with zero attached hydrogens (tertiary/aromatic N) is 1. The number of nitro benzene ring substituents is 1. The Hall–Kier alpha value is -1.53. The maximum Gasteiger partial charge on any atom is 0.274 e. The minimum absolute atomic E-state index is 0.0671. The van der Waals surface area contributed by atoms with Crippen molar-refractivity contribution in [1.29, 1.82) is 0 Å². The van der Waals surface area contributed by atoms with Gasteiger partial charge >= 0.3 is 0 Å². The molecule has 0 saturated heterocycles. The fourth-order valence-corrected chi connectivity index (χ4v) is 2.73. The number of nitrogens with one attached hydrogen (secondary N) is 1. The van der Waals surface area contributed by atoms with Crippen LogP contribution in [0.25, 0.3) is 0 Å². The Bertz CT molecular complexity index is 481. The van der Waals surface area contributed by atoms with Gasteiger partial charge in [-0.1, -0.05) is 6.42 Å². The third-order valence-electron chi connectivity index (χ3n) is 3.74. The monoisotopic (exact) mass is 282 g/mol. The molecule has 2 unspecified atom stereocenters. The molecular weight excluding hydrogens is 263 g/mol. The first kappa shape index (κ1) is 14.9. The molecule has 0 spiro atoms. The van der Waals surface area contributed by atoms with Crippen LogP contribution in [0.5, 0.6) is 0 Å². The van der Waals surface area contributed by atoms with E-state index in [2.05, 4.69) is 5.32 Å². The van der Waals surface area contributed by atoms with Crippen LogP contribution in [0.1, 0.15) is 31.2 Å². The van der Waals surface area contributed by atoms with E-state index in [0.717, 1.165) is 31.7 Å². The van der Waals surface area contributed by atoms with Gasteiger partial charge in [0.15, 0.2) is 0 Å². The molecule has 0 heterocycles. The van der Waals surface area contributed by atoms with Gasteiger partial charge in [-0.05, 0) is 43.9 Å². The van der Waals surface area contributed by atoms with E-state index in [-0.39, 0.29) is 18.3 Å². The van der Waals surface area contributed by atoms with Crippen LogP contribution in [0.4, 0.5) is 10.1 Å². The summed E-state index contributed by atoms with van der Waals surface area (Å²) in [5, 5.41) is 23.6. The summed E-state index contributed by atoms with van der Waals surface area (Å²) in [5.74, 6) is -0.0909. The van der Waals surface area contributed by atoms with Crippen LogP contribution < -0.4 is 5.32 Å². The molecule has 5 nitrogen and oxygen atoms in total. The quantitative estimate of drug-likeness (QED) is 0.642. The van der Waals surface area contributed by atoms with Crippen LogP contribution in [-0.4, -0.2) is 22.7 Å². The molecule has 0 aliphatic heterocycles. The van der Waals surface area contributed by atoms with Gasteiger partial charge in [-0.15, -0.1) is 0 Å². The summed E-state index contributed by atoms with van der Waals surface area (Å²) in [6.07, 6.45) is 3.44. The highest BCUT2D eigenvalue weighted by Gasteiger charge is 2.20.